The van der Waals surface area contributed by atoms with E-state index in [2.05, 4.69) is 12.2 Å². The number of hydrogen-bond acceptors (Lipinski definition) is 2. The summed E-state index contributed by atoms with van der Waals surface area (Å²) in [5.41, 5.74) is -0.774. The van der Waals surface area contributed by atoms with E-state index in [0.717, 1.165) is 12.8 Å². The minimum atomic E-state index is -0.782. The summed E-state index contributed by atoms with van der Waals surface area (Å²) in [6, 6.07) is 0.182. The van der Waals surface area contributed by atoms with Crippen molar-refractivity contribution in [1.82, 2.24) is 10.2 Å². The highest BCUT2D eigenvalue weighted by Gasteiger charge is 2.48. The molecule has 2 fully saturated rings. The zero-order valence-corrected chi connectivity index (χ0v) is 12.0. The van der Waals surface area contributed by atoms with Crippen molar-refractivity contribution in [2.45, 2.75) is 46.1 Å². The smallest absolute Gasteiger partial charge is 0.317 e. The van der Waals surface area contributed by atoms with E-state index in [1.165, 1.54) is 0 Å². The molecule has 0 spiro atoms. The molecule has 0 aromatic rings. The van der Waals surface area contributed by atoms with Crippen LogP contribution >= 0.6 is 0 Å². The molecule has 1 aliphatic carbocycles. The molecule has 1 aliphatic heterocycles. The Balaban J connectivity index is 1.93. The number of aliphatic carboxylic acids is 1. The van der Waals surface area contributed by atoms with Crippen molar-refractivity contribution in [3.05, 3.63) is 0 Å². The summed E-state index contributed by atoms with van der Waals surface area (Å²) in [5, 5.41) is 12.4. The first-order chi connectivity index (χ1) is 8.85. The van der Waals surface area contributed by atoms with Gasteiger partial charge in [-0.05, 0) is 31.1 Å². The quantitative estimate of drug-likeness (QED) is 0.821. The average molecular weight is 268 g/mol. The number of carboxylic acids is 1. The third-order valence-corrected chi connectivity index (χ3v) is 4.82. The largest absolute Gasteiger partial charge is 0.481 e. The van der Waals surface area contributed by atoms with Crippen LogP contribution < -0.4 is 5.32 Å². The van der Waals surface area contributed by atoms with Gasteiger partial charge in [-0.25, -0.2) is 4.79 Å². The van der Waals surface area contributed by atoms with Crippen LogP contribution in [-0.4, -0.2) is 41.1 Å². The Morgan fingerprint density at radius 3 is 2.42 bits per heavy atom. The highest BCUT2D eigenvalue weighted by atomic mass is 16.4. The predicted octanol–water partition coefficient (Wildman–Crippen LogP) is 1.93. The fourth-order valence-electron chi connectivity index (χ4n) is 3.19. The van der Waals surface area contributed by atoms with Crippen LogP contribution in [0.15, 0.2) is 0 Å². The van der Waals surface area contributed by atoms with Crippen LogP contribution in [0.2, 0.25) is 0 Å². The number of hydrogen-bond donors (Lipinski definition) is 2. The van der Waals surface area contributed by atoms with E-state index in [1.807, 2.05) is 13.8 Å². The van der Waals surface area contributed by atoms with Gasteiger partial charge in [0.25, 0.3) is 0 Å². The Morgan fingerprint density at radius 2 is 2.00 bits per heavy atom. The maximum atomic E-state index is 12.1. The van der Waals surface area contributed by atoms with Crippen LogP contribution in [0.4, 0.5) is 4.79 Å². The molecule has 2 rings (SSSR count). The monoisotopic (exact) mass is 268 g/mol. The topological polar surface area (TPSA) is 69.6 Å². The summed E-state index contributed by atoms with van der Waals surface area (Å²) >= 11 is 0. The molecule has 1 heterocycles. The van der Waals surface area contributed by atoms with Crippen LogP contribution in [0.5, 0.6) is 0 Å². The van der Waals surface area contributed by atoms with Crippen molar-refractivity contribution in [1.29, 1.82) is 0 Å². The lowest BCUT2D eigenvalue weighted by molar-refractivity contribution is -0.150. The van der Waals surface area contributed by atoms with E-state index >= 15 is 0 Å². The number of nitrogens with one attached hydrogen (secondary N) is 1. The summed E-state index contributed by atoms with van der Waals surface area (Å²) in [5.74, 6) is -0.0563. The molecule has 0 bridgehead atoms. The Hall–Kier alpha value is -1.26. The molecule has 1 saturated carbocycles. The molecule has 0 aromatic heterocycles. The summed E-state index contributed by atoms with van der Waals surface area (Å²) in [4.78, 5) is 25.3. The van der Waals surface area contributed by atoms with Gasteiger partial charge in [-0.3, -0.25) is 4.79 Å². The zero-order valence-electron chi connectivity index (χ0n) is 12.0. The first-order valence-electron chi connectivity index (χ1n) is 7.14. The van der Waals surface area contributed by atoms with E-state index in [4.69, 9.17) is 0 Å². The lowest BCUT2D eigenvalue weighted by atomic mass is 9.76. The molecular weight excluding hydrogens is 244 g/mol. The highest BCUT2D eigenvalue weighted by Crippen LogP contribution is 2.38. The fraction of sp³-hybridized carbons (Fsp3) is 0.857. The van der Waals surface area contributed by atoms with Gasteiger partial charge in [0.15, 0.2) is 0 Å². The Bertz CT molecular complexity index is 377. The number of nitrogens with zero attached hydrogens (tertiary/aromatic N) is 1. The molecule has 2 aliphatic rings. The average Bonchev–Trinajstić information content (AvgIpc) is 2.72. The van der Waals surface area contributed by atoms with E-state index in [1.54, 1.807) is 4.90 Å². The standard InChI is InChI=1S/C14H24N2O3/c1-9(2)14(12(17)18)4-5-16(8-14)13(19)15-11-6-10(3)7-11/h9-11H,4-8H2,1-3H3,(H,15,19)(H,17,18). The van der Waals surface area contributed by atoms with Gasteiger partial charge < -0.3 is 15.3 Å². The Kier molecular flexibility index (Phi) is 3.74. The van der Waals surface area contributed by atoms with Crippen molar-refractivity contribution in [3.63, 3.8) is 0 Å². The third-order valence-electron chi connectivity index (χ3n) is 4.82. The number of carbonyl (C=O) groups excluding carboxylic acids is 1. The zero-order chi connectivity index (χ0) is 14.2. The summed E-state index contributed by atoms with van der Waals surface area (Å²) < 4.78 is 0. The van der Waals surface area contributed by atoms with Gasteiger partial charge in [-0.15, -0.1) is 0 Å². The van der Waals surface area contributed by atoms with E-state index in [9.17, 15) is 14.7 Å². The molecule has 1 saturated heterocycles. The SMILES string of the molecule is CC1CC(NC(=O)N2CCC(C(=O)O)(C(C)C)C2)C1. The lowest BCUT2D eigenvalue weighted by Gasteiger charge is -2.35. The molecular formula is C14H24N2O3. The predicted molar refractivity (Wildman–Crippen MR) is 71.8 cm³/mol. The van der Waals surface area contributed by atoms with Gasteiger partial charge >= 0.3 is 12.0 Å². The van der Waals surface area contributed by atoms with Crippen LogP contribution in [0, 0.1) is 17.3 Å². The number of amides is 2. The normalized spacial score (nSPS) is 34.2. The molecule has 108 valence electrons. The fourth-order valence-corrected chi connectivity index (χ4v) is 3.19. The van der Waals surface area contributed by atoms with E-state index in [0.29, 0.717) is 25.4 Å². The van der Waals surface area contributed by atoms with E-state index in [-0.39, 0.29) is 18.0 Å². The first-order valence-corrected chi connectivity index (χ1v) is 7.14. The van der Waals surface area contributed by atoms with Gasteiger partial charge in [0.05, 0.1) is 5.41 Å². The van der Waals surface area contributed by atoms with Crippen LogP contribution in [0.3, 0.4) is 0 Å². The van der Waals surface area contributed by atoms with Crippen molar-refractivity contribution >= 4 is 12.0 Å². The molecule has 5 nitrogen and oxygen atoms in total. The number of rotatable bonds is 3. The molecule has 0 radical (unpaired) electrons. The van der Waals surface area contributed by atoms with E-state index < -0.39 is 11.4 Å². The summed E-state index contributed by atoms with van der Waals surface area (Å²) in [6.45, 7) is 6.88. The lowest BCUT2D eigenvalue weighted by Crippen LogP contribution is -2.50. The maximum Gasteiger partial charge on any atom is 0.317 e. The number of likely N-dealkylation sites (tertiary alicyclic amines) is 1. The Morgan fingerprint density at radius 1 is 1.37 bits per heavy atom. The molecule has 19 heavy (non-hydrogen) atoms. The minimum Gasteiger partial charge on any atom is -0.481 e. The second-order valence-corrected chi connectivity index (χ2v) is 6.51. The van der Waals surface area contributed by atoms with Crippen molar-refractivity contribution in [3.8, 4) is 0 Å². The summed E-state index contributed by atoms with van der Waals surface area (Å²) in [7, 11) is 0. The molecule has 1 unspecified atom stereocenters. The summed E-state index contributed by atoms with van der Waals surface area (Å²) in [6.07, 6.45) is 2.62. The number of carbonyl (C=O) groups is 2. The van der Waals surface area contributed by atoms with Crippen molar-refractivity contribution in [2.24, 2.45) is 17.3 Å². The molecule has 5 heteroatoms. The van der Waals surface area contributed by atoms with Crippen LogP contribution in [0.25, 0.3) is 0 Å². The minimum absolute atomic E-state index is 0.0338. The molecule has 2 N–H and O–H groups in total. The van der Waals surface area contributed by atoms with Crippen LogP contribution in [0.1, 0.15) is 40.0 Å². The second kappa shape index (κ2) is 5.02. The van der Waals surface area contributed by atoms with Gasteiger partial charge in [0.2, 0.25) is 0 Å². The van der Waals surface area contributed by atoms with Gasteiger partial charge in [0.1, 0.15) is 0 Å². The Labute approximate surface area is 114 Å². The van der Waals surface area contributed by atoms with Gasteiger partial charge in [-0.2, -0.15) is 0 Å². The highest BCUT2D eigenvalue weighted by molar-refractivity contribution is 5.80. The molecule has 1 atom stereocenters. The van der Waals surface area contributed by atoms with Crippen molar-refractivity contribution in [2.75, 3.05) is 13.1 Å². The number of carboxylic acid groups (broad SMARTS) is 1. The molecule has 0 aromatic carbocycles. The number of urea groups is 1. The van der Waals surface area contributed by atoms with Crippen molar-refractivity contribution < 1.29 is 14.7 Å². The first kappa shape index (κ1) is 14.2. The maximum absolute atomic E-state index is 12.1. The van der Waals surface area contributed by atoms with Gasteiger partial charge in [-0.1, -0.05) is 20.8 Å². The van der Waals surface area contributed by atoms with Gasteiger partial charge in [0, 0.05) is 19.1 Å². The second-order valence-electron chi connectivity index (χ2n) is 6.51. The van der Waals surface area contributed by atoms with Crippen LogP contribution in [-0.2, 0) is 4.79 Å². The molecule has 2 amide bonds. The third kappa shape index (κ3) is 2.55.